The van der Waals surface area contributed by atoms with Crippen LogP contribution in [0.1, 0.15) is 303 Å². The van der Waals surface area contributed by atoms with Crippen LogP contribution in [0.5, 0.6) is 0 Å². The molecule has 0 saturated heterocycles. The highest BCUT2D eigenvalue weighted by atomic mass is 16.6. The molecule has 0 bridgehead atoms. The SMILES string of the molecule is CCCCC/C=C\C/C=C\C/C=C\CCCCCCC(=O)OC[C@@H](COC(=O)CCCCCCCCCCCCCCCCC)OC(=O)CCCCCCCCC/C=C\CCCCCCCC. The van der Waals surface area contributed by atoms with Crippen molar-refractivity contribution in [2.45, 2.75) is 309 Å². The first-order valence-corrected chi connectivity index (χ1v) is 29.1. The number of allylic oxidation sites excluding steroid dienone is 8. The molecule has 0 aromatic carbocycles. The Morgan fingerprint density at radius 2 is 0.537 bits per heavy atom. The Labute approximate surface area is 416 Å². The van der Waals surface area contributed by atoms with Crippen molar-refractivity contribution in [3.8, 4) is 0 Å². The van der Waals surface area contributed by atoms with Gasteiger partial charge >= 0.3 is 17.9 Å². The Kier molecular flexibility index (Phi) is 53.8. The average Bonchev–Trinajstić information content (AvgIpc) is 3.33. The molecule has 1 atom stereocenters. The summed E-state index contributed by atoms with van der Waals surface area (Å²) in [5.41, 5.74) is 0. The van der Waals surface area contributed by atoms with Crippen LogP contribution in [0.4, 0.5) is 0 Å². The van der Waals surface area contributed by atoms with E-state index in [-0.39, 0.29) is 31.1 Å². The van der Waals surface area contributed by atoms with Gasteiger partial charge in [0.1, 0.15) is 13.2 Å². The van der Waals surface area contributed by atoms with Crippen LogP contribution in [0.25, 0.3) is 0 Å². The Morgan fingerprint density at radius 3 is 0.881 bits per heavy atom. The molecule has 390 valence electrons. The van der Waals surface area contributed by atoms with Crippen molar-refractivity contribution in [2.24, 2.45) is 0 Å². The zero-order valence-corrected chi connectivity index (χ0v) is 44.7. The molecular formula is C61H110O6. The molecule has 0 spiro atoms. The first kappa shape index (κ1) is 64.4. The summed E-state index contributed by atoms with van der Waals surface area (Å²) < 4.78 is 16.9. The van der Waals surface area contributed by atoms with Gasteiger partial charge in [0.05, 0.1) is 0 Å². The molecule has 0 aliphatic rings. The van der Waals surface area contributed by atoms with Gasteiger partial charge in [-0.1, -0.05) is 249 Å². The second-order valence-electron chi connectivity index (χ2n) is 19.6. The van der Waals surface area contributed by atoms with Crippen LogP contribution < -0.4 is 0 Å². The van der Waals surface area contributed by atoms with Gasteiger partial charge in [0.25, 0.3) is 0 Å². The summed E-state index contributed by atoms with van der Waals surface area (Å²) in [7, 11) is 0. The number of rotatable bonds is 53. The van der Waals surface area contributed by atoms with Gasteiger partial charge in [0, 0.05) is 19.3 Å². The number of hydrogen-bond donors (Lipinski definition) is 0. The van der Waals surface area contributed by atoms with Gasteiger partial charge in [-0.05, 0) is 83.5 Å². The van der Waals surface area contributed by atoms with Crippen LogP contribution in [0.3, 0.4) is 0 Å². The molecule has 0 aliphatic carbocycles. The van der Waals surface area contributed by atoms with E-state index in [1.165, 1.54) is 180 Å². The van der Waals surface area contributed by atoms with E-state index in [1.54, 1.807) is 0 Å². The summed E-state index contributed by atoms with van der Waals surface area (Å²) in [6.07, 6.45) is 68.1. The van der Waals surface area contributed by atoms with Gasteiger partial charge in [0.15, 0.2) is 6.10 Å². The first-order chi connectivity index (χ1) is 33.0. The standard InChI is InChI=1S/C61H110O6/c1-4-7-10-13-16-19-22-25-28-30-33-36-39-42-45-48-51-54-60(63)66-57-58(56-65-59(62)53-50-47-44-41-38-35-32-27-24-21-18-15-12-9-6-3)67-61(64)55-52-49-46-43-40-37-34-31-29-26-23-20-17-14-11-8-5-2/h16,19,25-26,28-29,33,36,58H,4-15,17-18,20-24,27,30-32,34-35,37-57H2,1-3H3/b19-16-,28-25-,29-26-,36-33-/t58-/m1/s1. The highest BCUT2D eigenvalue weighted by Gasteiger charge is 2.19. The van der Waals surface area contributed by atoms with Gasteiger partial charge in [-0.3, -0.25) is 14.4 Å². The van der Waals surface area contributed by atoms with E-state index in [1.807, 2.05) is 0 Å². The number of carbonyl (C=O) groups excluding carboxylic acids is 3. The molecule has 0 saturated carbocycles. The number of esters is 3. The molecule has 0 fully saturated rings. The predicted molar refractivity (Wildman–Crippen MR) is 289 cm³/mol. The molecule has 0 rings (SSSR count). The van der Waals surface area contributed by atoms with Crippen LogP contribution in [0, 0.1) is 0 Å². The van der Waals surface area contributed by atoms with Gasteiger partial charge in [-0.25, -0.2) is 0 Å². The van der Waals surface area contributed by atoms with Gasteiger partial charge in [-0.2, -0.15) is 0 Å². The fourth-order valence-electron chi connectivity index (χ4n) is 8.39. The van der Waals surface area contributed by atoms with Gasteiger partial charge in [-0.15, -0.1) is 0 Å². The fourth-order valence-corrected chi connectivity index (χ4v) is 8.39. The normalized spacial score (nSPS) is 12.3. The zero-order valence-electron chi connectivity index (χ0n) is 44.7. The molecule has 0 radical (unpaired) electrons. The topological polar surface area (TPSA) is 78.9 Å². The zero-order chi connectivity index (χ0) is 48.6. The Bertz CT molecular complexity index is 1170. The Balaban J connectivity index is 4.40. The van der Waals surface area contributed by atoms with Crippen molar-refractivity contribution in [1.29, 1.82) is 0 Å². The predicted octanol–water partition coefficient (Wildman–Crippen LogP) is 19.4. The lowest BCUT2D eigenvalue weighted by Gasteiger charge is -2.18. The maximum Gasteiger partial charge on any atom is 0.306 e. The average molecular weight is 940 g/mol. The van der Waals surface area contributed by atoms with E-state index in [0.29, 0.717) is 19.3 Å². The summed E-state index contributed by atoms with van der Waals surface area (Å²) in [6.45, 7) is 6.62. The van der Waals surface area contributed by atoms with Crippen molar-refractivity contribution in [2.75, 3.05) is 13.2 Å². The Hall–Kier alpha value is -2.63. The molecule has 0 heterocycles. The van der Waals surface area contributed by atoms with Crippen LogP contribution in [-0.4, -0.2) is 37.2 Å². The largest absolute Gasteiger partial charge is 0.462 e. The fraction of sp³-hybridized carbons (Fsp3) is 0.820. The second kappa shape index (κ2) is 56.0. The molecule has 0 N–H and O–H groups in total. The molecule has 0 aliphatic heterocycles. The smallest absolute Gasteiger partial charge is 0.306 e. The van der Waals surface area contributed by atoms with E-state index in [2.05, 4.69) is 69.4 Å². The van der Waals surface area contributed by atoms with Crippen molar-refractivity contribution in [3.63, 3.8) is 0 Å². The minimum atomic E-state index is -0.782. The van der Waals surface area contributed by atoms with Gasteiger partial charge in [0.2, 0.25) is 0 Å². The van der Waals surface area contributed by atoms with E-state index < -0.39 is 6.10 Å². The maximum atomic E-state index is 12.9. The van der Waals surface area contributed by atoms with E-state index in [9.17, 15) is 14.4 Å². The lowest BCUT2D eigenvalue weighted by Crippen LogP contribution is -2.30. The minimum Gasteiger partial charge on any atom is -0.462 e. The van der Waals surface area contributed by atoms with Crippen molar-refractivity contribution < 1.29 is 28.6 Å². The summed E-state index contributed by atoms with van der Waals surface area (Å²) >= 11 is 0. The third-order valence-corrected chi connectivity index (χ3v) is 12.8. The third kappa shape index (κ3) is 54.2. The number of carbonyl (C=O) groups is 3. The van der Waals surface area contributed by atoms with Crippen molar-refractivity contribution in [1.82, 2.24) is 0 Å². The molecule has 6 heteroatoms. The summed E-state index contributed by atoms with van der Waals surface area (Å²) in [4.78, 5) is 38.2. The second-order valence-corrected chi connectivity index (χ2v) is 19.6. The van der Waals surface area contributed by atoms with Crippen molar-refractivity contribution in [3.05, 3.63) is 48.6 Å². The third-order valence-electron chi connectivity index (χ3n) is 12.8. The molecule has 0 amide bonds. The van der Waals surface area contributed by atoms with Crippen molar-refractivity contribution >= 4 is 17.9 Å². The Morgan fingerprint density at radius 1 is 0.299 bits per heavy atom. The molecule has 0 unspecified atom stereocenters. The summed E-state index contributed by atoms with van der Waals surface area (Å²) in [6, 6.07) is 0. The van der Waals surface area contributed by atoms with E-state index in [0.717, 1.165) is 83.5 Å². The lowest BCUT2D eigenvalue weighted by molar-refractivity contribution is -0.167. The molecular weight excluding hydrogens is 829 g/mol. The quantitative estimate of drug-likeness (QED) is 0.0262. The first-order valence-electron chi connectivity index (χ1n) is 29.1. The monoisotopic (exact) mass is 939 g/mol. The summed E-state index contributed by atoms with van der Waals surface area (Å²) in [5.74, 6) is -0.891. The number of hydrogen-bond acceptors (Lipinski definition) is 6. The lowest BCUT2D eigenvalue weighted by atomic mass is 10.0. The van der Waals surface area contributed by atoms with Crippen LogP contribution in [0.15, 0.2) is 48.6 Å². The van der Waals surface area contributed by atoms with E-state index >= 15 is 0 Å². The molecule has 0 aromatic heterocycles. The molecule has 67 heavy (non-hydrogen) atoms. The van der Waals surface area contributed by atoms with E-state index in [4.69, 9.17) is 14.2 Å². The molecule has 6 nitrogen and oxygen atoms in total. The van der Waals surface area contributed by atoms with Crippen LogP contribution >= 0.6 is 0 Å². The number of ether oxygens (including phenoxy) is 3. The highest BCUT2D eigenvalue weighted by Crippen LogP contribution is 2.16. The molecule has 0 aromatic rings. The number of unbranched alkanes of at least 4 members (excludes halogenated alkanes) is 34. The maximum absolute atomic E-state index is 12.9. The van der Waals surface area contributed by atoms with Gasteiger partial charge < -0.3 is 14.2 Å². The summed E-state index contributed by atoms with van der Waals surface area (Å²) in [5, 5.41) is 0. The minimum absolute atomic E-state index is 0.0791. The van der Waals surface area contributed by atoms with Crippen LogP contribution in [0.2, 0.25) is 0 Å². The van der Waals surface area contributed by atoms with Crippen LogP contribution in [-0.2, 0) is 28.6 Å². The highest BCUT2D eigenvalue weighted by molar-refractivity contribution is 5.71.